The maximum Gasteiger partial charge on any atom is 0.289 e. The van der Waals surface area contributed by atoms with Crippen LogP contribution in [0, 0.1) is 10.1 Å². The minimum Gasteiger partial charge on any atom is -0.325 e. The second-order valence-corrected chi connectivity index (χ2v) is 8.13. The Morgan fingerprint density at radius 2 is 1.75 bits per heavy atom. The van der Waals surface area contributed by atoms with Gasteiger partial charge >= 0.3 is 0 Å². The van der Waals surface area contributed by atoms with E-state index in [2.05, 4.69) is 20.5 Å². The van der Waals surface area contributed by atoms with E-state index in [0.717, 1.165) is 11.1 Å². The molecule has 1 amide bonds. The van der Waals surface area contributed by atoms with Crippen LogP contribution in [-0.4, -0.2) is 26.0 Å². The van der Waals surface area contributed by atoms with Gasteiger partial charge in [-0.2, -0.15) is 0 Å². The van der Waals surface area contributed by atoms with Crippen LogP contribution in [0.3, 0.4) is 0 Å². The van der Waals surface area contributed by atoms with Gasteiger partial charge < -0.3 is 5.32 Å². The average molecular weight is 466 g/mol. The molecule has 0 saturated carbocycles. The quantitative estimate of drug-likeness (QED) is 0.211. The molecule has 3 aromatic carbocycles. The topological polar surface area (TPSA) is 114 Å². The fraction of sp³-hybridized carbons (Fsp3) is 0.0455. The fourth-order valence-electron chi connectivity index (χ4n) is 2.97. The number of benzene rings is 3. The van der Waals surface area contributed by atoms with Gasteiger partial charge in [0.15, 0.2) is 5.82 Å². The van der Waals surface area contributed by atoms with Crippen molar-refractivity contribution in [2.45, 2.75) is 10.4 Å². The molecule has 32 heavy (non-hydrogen) atoms. The number of thioether (sulfide) groups is 1. The fourth-order valence-corrected chi connectivity index (χ4v) is 4.07. The summed E-state index contributed by atoms with van der Waals surface area (Å²) in [4.78, 5) is 28.2. The van der Waals surface area contributed by atoms with E-state index in [1.54, 1.807) is 0 Å². The highest BCUT2D eigenvalue weighted by atomic mass is 35.5. The molecule has 1 unspecified atom stereocenters. The van der Waals surface area contributed by atoms with Crippen molar-refractivity contribution in [2.24, 2.45) is 0 Å². The second-order valence-electron chi connectivity index (χ2n) is 6.65. The third-order valence-electron chi connectivity index (χ3n) is 4.49. The van der Waals surface area contributed by atoms with Gasteiger partial charge in [0, 0.05) is 17.3 Å². The Labute approximate surface area is 192 Å². The molecule has 0 bridgehead atoms. The van der Waals surface area contributed by atoms with Gasteiger partial charge in [-0.1, -0.05) is 84.0 Å². The molecule has 10 heteroatoms. The summed E-state index contributed by atoms with van der Waals surface area (Å²) in [7, 11) is 0. The maximum atomic E-state index is 13.2. The predicted molar refractivity (Wildman–Crippen MR) is 124 cm³/mol. The van der Waals surface area contributed by atoms with Crippen LogP contribution in [0.15, 0.2) is 84.0 Å². The lowest BCUT2D eigenvalue weighted by Gasteiger charge is -2.15. The third-order valence-corrected chi connectivity index (χ3v) is 5.92. The molecule has 0 spiro atoms. The largest absolute Gasteiger partial charge is 0.325 e. The number of hydrogen-bond donors (Lipinski definition) is 2. The molecular weight excluding hydrogens is 450 g/mol. The number of carbonyl (C=O) groups is 1. The van der Waals surface area contributed by atoms with Gasteiger partial charge in [0.05, 0.1) is 4.92 Å². The molecule has 0 radical (unpaired) electrons. The number of anilines is 1. The number of rotatable bonds is 7. The summed E-state index contributed by atoms with van der Waals surface area (Å²) in [5, 5.41) is 20.7. The number of amides is 1. The van der Waals surface area contributed by atoms with Crippen molar-refractivity contribution in [1.82, 2.24) is 15.2 Å². The van der Waals surface area contributed by atoms with E-state index in [0.29, 0.717) is 11.0 Å². The van der Waals surface area contributed by atoms with Gasteiger partial charge in [0.2, 0.25) is 11.1 Å². The minimum absolute atomic E-state index is 0.00357. The Balaban J connectivity index is 1.59. The molecule has 1 atom stereocenters. The van der Waals surface area contributed by atoms with Crippen LogP contribution in [-0.2, 0) is 4.79 Å². The van der Waals surface area contributed by atoms with Gasteiger partial charge in [-0.25, -0.2) is 4.98 Å². The highest BCUT2D eigenvalue weighted by Gasteiger charge is 2.25. The summed E-state index contributed by atoms with van der Waals surface area (Å²) in [6.07, 6.45) is 0. The maximum absolute atomic E-state index is 13.2. The van der Waals surface area contributed by atoms with Crippen LogP contribution in [0.2, 0.25) is 5.02 Å². The number of aromatic amines is 1. The standard InChI is InChI=1S/C22H16ClN5O3S/c23-17-12-11-16(13-18(17)28(30)31)24-21(29)19(14-7-3-1-4-8-14)32-22-25-20(26-27-22)15-9-5-2-6-10-15/h1-13,19H,(H,24,29)(H,25,26,27). The van der Waals surface area contributed by atoms with E-state index in [1.165, 1.54) is 30.0 Å². The van der Waals surface area contributed by atoms with Gasteiger partial charge in [0.25, 0.3) is 5.69 Å². The summed E-state index contributed by atoms with van der Waals surface area (Å²) < 4.78 is 0. The van der Waals surface area contributed by atoms with Crippen LogP contribution in [0.4, 0.5) is 11.4 Å². The number of hydrogen-bond acceptors (Lipinski definition) is 6. The molecule has 1 aromatic heterocycles. The number of H-pyrrole nitrogens is 1. The van der Waals surface area contributed by atoms with E-state index in [-0.39, 0.29) is 22.3 Å². The highest BCUT2D eigenvalue weighted by molar-refractivity contribution is 8.00. The van der Waals surface area contributed by atoms with Crippen LogP contribution in [0.1, 0.15) is 10.8 Å². The molecular formula is C22H16ClN5O3S. The Morgan fingerprint density at radius 3 is 2.44 bits per heavy atom. The van der Waals surface area contributed by atoms with E-state index in [9.17, 15) is 14.9 Å². The predicted octanol–water partition coefficient (Wildman–Crippen LogP) is 5.51. The van der Waals surface area contributed by atoms with Gasteiger partial charge in [-0.3, -0.25) is 20.0 Å². The molecule has 0 saturated heterocycles. The van der Waals surface area contributed by atoms with Gasteiger partial charge in [-0.15, -0.1) is 5.10 Å². The molecule has 1 heterocycles. The normalized spacial score (nSPS) is 11.7. The monoisotopic (exact) mass is 465 g/mol. The molecule has 2 N–H and O–H groups in total. The lowest BCUT2D eigenvalue weighted by atomic mass is 10.1. The summed E-state index contributed by atoms with van der Waals surface area (Å²) in [6.45, 7) is 0. The van der Waals surface area contributed by atoms with Crippen LogP contribution in [0.5, 0.6) is 0 Å². The zero-order valence-corrected chi connectivity index (χ0v) is 18.0. The lowest BCUT2D eigenvalue weighted by Crippen LogP contribution is -2.19. The summed E-state index contributed by atoms with van der Waals surface area (Å²) in [5.41, 5.74) is 1.60. The number of nitro groups is 1. The Bertz CT molecular complexity index is 1250. The number of carbonyl (C=O) groups excluding carboxylic acids is 1. The van der Waals surface area contributed by atoms with Crippen molar-refractivity contribution >= 4 is 40.6 Å². The molecule has 4 aromatic rings. The number of halogens is 1. The Kier molecular flexibility index (Phi) is 6.48. The van der Waals surface area contributed by atoms with Crippen LogP contribution >= 0.6 is 23.4 Å². The van der Waals surface area contributed by atoms with Crippen LogP contribution in [0.25, 0.3) is 11.4 Å². The lowest BCUT2D eigenvalue weighted by molar-refractivity contribution is -0.384. The first-order chi connectivity index (χ1) is 15.5. The van der Waals surface area contributed by atoms with Crippen molar-refractivity contribution in [3.63, 3.8) is 0 Å². The molecule has 8 nitrogen and oxygen atoms in total. The van der Waals surface area contributed by atoms with Crippen LogP contribution < -0.4 is 5.32 Å². The summed E-state index contributed by atoms with van der Waals surface area (Å²) in [5.74, 6) is 0.220. The van der Waals surface area contributed by atoms with E-state index < -0.39 is 10.2 Å². The number of nitrogens with zero attached hydrogens (tertiary/aromatic N) is 3. The van der Waals surface area contributed by atoms with Crippen molar-refractivity contribution in [3.8, 4) is 11.4 Å². The zero-order valence-electron chi connectivity index (χ0n) is 16.4. The molecule has 0 aliphatic rings. The highest BCUT2D eigenvalue weighted by Crippen LogP contribution is 2.36. The number of nitro benzene ring substituents is 1. The minimum atomic E-state index is -0.689. The third kappa shape index (κ3) is 4.96. The molecule has 4 rings (SSSR count). The van der Waals surface area contributed by atoms with E-state index in [4.69, 9.17) is 11.6 Å². The second kappa shape index (κ2) is 9.63. The number of aromatic nitrogens is 3. The summed E-state index contributed by atoms with van der Waals surface area (Å²) in [6, 6.07) is 22.8. The number of nitrogens with one attached hydrogen (secondary N) is 2. The SMILES string of the molecule is O=C(Nc1ccc(Cl)c([N+](=O)[O-])c1)C(Sc1n[nH]c(-c2ccccc2)n1)c1ccccc1. The first kappa shape index (κ1) is 21.5. The molecule has 0 aliphatic heterocycles. The van der Waals surface area contributed by atoms with Gasteiger partial charge in [0.1, 0.15) is 10.3 Å². The summed E-state index contributed by atoms with van der Waals surface area (Å²) >= 11 is 7.04. The van der Waals surface area contributed by atoms with Gasteiger partial charge in [-0.05, 0) is 17.7 Å². The molecule has 0 aliphatic carbocycles. The average Bonchev–Trinajstić information content (AvgIpc) is 3.28. The molecule has 0 fully saturated rings. The van der Waals surface area contributed by atoms with Crippen molar-refractivity contribution in [1.29, 1.82) is 0 Å². The molecule has 160 valence electrons. The van der Waals surface area contributed by atoms with E-state index in [1.807, 2.05) is 60.7 Å². The Morgan fingerprint density at radius 1 is 1.06 bits per heavy atom. The Hall–Kier alpha value is -3.69. The smallest absolute Gasteiger partial charge is 0.289 e. The first-order valence-corrected chi connectivity index (χ1v) is 10.7. The van der Waals surface area contributed by atoms with Crippen molar-refractivity contribution < 1.29 is 9.72 Å². The first-order valence-electron chi connectivity index (χ1n) is 9.45. The van der Waals surface area contributed by atoms with E-state index >= 15 is 0 Å². The van der Waals surface area contributed by atoms with Crippen molar-refractivity contribution in [3.05, 3.63) is 99.6 Å². The van der Waals surface area contributed by atoms with Crippen molar-refractivity contribution in [2.75, 3.05) is 5.32 Å². The zero-order chi connectivity index (χ0) is 22.5.